The van der Waals surface area contributed by atoms with E-state index >= 15 is 0 Å². The molecule has 0 amide bonds. The molecule has 33 heavy (non-hydrogen) atoms. The summed E-state index contributed by atoms with van der Waals surface area (Å²) in [5.74, 6) is 1.28. The quantitative estimate of drug-likeness (QED) is 0.433. The molecule has 0 aliphatic heterocycles. The predicted octanol–water partition coefficient (Wildman–Crippen LogP) is 7.69. The van der Waals surface area contributed by atoms with Crippen LogP contribution < -0.4 is 0 Å². The normalized spacial score (nSPS) is 38.1. The molecule has 1 fully saturated rings. The number of fused-ring (bicyclic) bond motifs is 4. The Bertz CT molecular complexity index is 970. The Kier molecular flexibility index (Phi) is 5.75. The van der Waals surface area contributed by atoms with Crippen LogP contribution in [0.2, 0.25) is 0 Å². The Morgan fingerprint density at radius 2 is 1.79 bits per heavy atom. The molecule has 2 nitrogen and oxygen atoms in total. The van der Waals surface area contributed by atoms with Crippen molar-refractivity contribution in [2.24, 2.45) is 34.0 Å². The van der Waals surface area contributed by atoms with Crippen LogP contribution in [0.5, 0.6) is 0 Å². The highest BCUT2D eigenvalue weighted by Crippen LogP contribution is 2.66. The first-order valence-electron chi connectivity index (χ1n) is 13.3. The van der Waals surface area contributed by atoms with E-state index in [1.54, 1.807) is 16.7 Å². The van der Waals surface area contributed by atoms with Crippen molar-refractivity contribution in [3.8, 4) is 0 Å². The van der Waals surface area contributed by atoms with E-state index < -0.39 is 0 Å². The van der Waals surface area contributed by atoms with Gasteiger partial charge in [0.1, 0.15) is 6.29 Å². The van der Waals surface area contributed by atoms with Crippen molar-refractivity contribution in [3.05, 3.63) is 58.7 Å². The van der Waals surface area contributed by atoms with Crippen LogP contribution in [0.1, 0.15) is 85.1 Å². The summed E-state index contributed by atoms with van der Waals surface area (Å²) >= 11 is 0. The summed E-state index contributed by atoms with van der Waals surface area (Å²) in [6.45, 7) is 12.8. The molecule has 1 saturated carbocycles. The molecular formula is C31H42O2. The third kappa shape index (κ3) is 3.51. The fourth-order valence-electron chi connectivity index (χ4n) is 8.66. The second kappa shape index (κ2) is 8.22. The van der Waals surface area contributed by atoms with Gasteiger partial charge in [0.25, 0.3) is 0 Å². The maximum atomic E-state index is 11.6. The molecule has 4 aliphatic carbocycles. The average molecular weight is 447 g/mol. The molecule has 2 heteroatoms. The Morgan fingerprint density at radius 3 is 2.52 bits per heavy atom. The van der Waals surface area contributed by atoms with E-state index in [9.17, 15) is 4.79 Å². The lowest BCUT2D eigenvalue weighted by molar-refractivity contribution is -0.128. The van der Waals surface area contributed by atoms with Crippen LogP contribution in [0.3, 0.4) is 0 Å². The molecule has 178 valence electrons. The first-order valence-corrected chi connectivity index (χ1v) is 13.3. The number of aldehydes is 1. The fourth-order valence-corrected chi connectivity index (χ4v) is 8.66. The van der Waals surface area contributed by atoms with Crippen molar-refractivity contribution in [2.75, 3.05) is 0 Å². The van der Waals surface area contributed by atoms with Gasteiger partial charge >= 0.3 is 0 Å². The maximum absolute atomic E-state index is 11.6. The molecule has 0 heterocycles. The first-order chi connectivity index (χ1) is 15.7. The summed E-state index contributed by atoms with van der Waals surface area (Å²) in [6.07, 6.45) is 12.3. The summed E-state index contributed by atoms with van der Waals surface area (Å²) < 4.78 is 6.59. The lowest BCUT2D eigenvalue weighted by atomic mass is 9.46. The van der Waals surface area contributed by atoms with E-state index in [1.807, 2.05) is 0 Å². The SMILES string of the molecule is C[C@H](C=O)[C@H]1CC=C2C3=C(CC[C@@]21C)[C@@]1(C)CC[C@H](OCc2ccccc2)C(C)(C)C1CC3. The summed E-state index contributed by atoms with van der Waals surface area (Å²) in [7, 11) is 0. The van der Waals surface area contributed by atoms with Gasteiger partial charge in [-0.15, -0.1) is 0 Å². The monoisotopic (exact) mass is 446 g/mol. The molecule has 0 bridgehead atoms. The van der Waals surface area contributed by atoms with E-state index in [0.717, 1.165) is 12.8 Å². The van der Waals surface area contributed by atoms with Gasteiger partial charge in [0.15, 0.2) is 0 Å². The van der Waals surface area contributed by atoms with Crippen LogP contribution in [0, 0.1) is 34.0 Å². The predicted molar refractivity (Wildman–Crippen MR) is 135 cm³/mol. The Balaban J connectivity index is 1.40. The lowest BCUT2D eigenvalue weighted by Gasteiger charge is -2.60. The standard InChI is InChI=1S/C31H42O2/c1-21(19-32)24-12-13-25-23-11-14-27-29(2,3)28(33-20-22-9-7-6-8-10-22)16-18-31(27,5)26(23)15-17-30(24,25)4/h6-10,13,19,21,24,27-28H,11-12,14-18,20H2,1-5H3/t21-,24-,27?,28+,30-,31-/m1/s1. The highest BCUT2D eigenvalue weighted by atomic mass is 16.5. The van der Waals surface area contributed by atoms with Crippen molar-refractivity contribution in [3.63, 3.8) is 0 Å². The van der Waals surface area contributed by atoms with Crippen molar-refractivity contribution in [1.82, 2.24) is 0 Å². The Labute approximate surface area is 200 Å². The van der Waals surface area contributed by atoms with E-state index in [2.05, 4.69) is 71.0 Å². The van der Waals surface area contributed by atoms with E-state index in [-0.39, 0.29) is 22.2 Å². The number of carbonyl (C=O) groups excluding carboxylic acids is 1. The smallest absolute Gasteiger partial charge is 0.123 e. The van der Waals surface area contributed by atoms with Crippen LogP contribution in [0.25, 0.3) is 0 Å². The largest absolute Gasteiger partial charge is 0.373 e. The number of hydrogen-bond acceptors (Lipinski definition) is 2. The third-order valence-electron chi connectivity index (χ3n) is 10.5. The minimum Gasteiger partial charge on any atom is -0.373 e. The van der Waals surface area contributed by atoms with E-state index in [1.165, 1.54) is 44.0 Å². The summed E-state index contributed by atoms with van der Waals surface area (Å²) in [6, 6.07) is 10.6. The van der Waals surface area contributed by atoms with Crippen molar-refractivity contribution < 1.29 is 9.53 Å². The number of rotatable bonds is 5. The van der Waals surface area contributed by atoms with Gasteiger partial charge in [-0.05, 0) is 89.7 Å². The second-order valence-corrected chi connectivity index (χ2v) is 12.5. The molecule has 6 atom stereocenters. The van der Waals surface area contributed by atoms with Crippen molar-refractivity contribution in [2.45, 2.75) is 92.3 Å². The average Bonchev–Trinajstić information content (AvgIpc) is 3.16. The second-order valence-electron chi connectivity index (χ2n) is 12.5. The van der Waals surface area contributed by atoms with Crippen LogP contribution in [-0.4, -0.2) is 12.4 Å². The summed E-state index contributed by atoms with van der Waals surface area (Å²) in [5, 5.41) is 0. The molecule has 0 saturated heterocycles. The molecule has 1 unspecified atom stereocenters. The molecule has 0 radical (unpaired) electrons. The lowest BCUT2D eigenvalue weighted by Crippen LogP contribution is -2.53. The highest BCUT2D eigenvalue weighted by molar-refractivity contribution is 5.57. The number of ether oxygens (including phenoxy) is 1. The van der Waals surface area contributed by atoms with Gasteiger partial charge < -0.3 is 9.53 Å². The molecule has 0 aromatic heterocycles. The molecule has 1 aromatic rings. The molecule has 0 N–H and O–H groups in total. The summed E-state index contributed by atoms with van der Waals surface area (Å²) in [5.41, 5.74) is 6.96. The molecule has 1 aromatic carbocycles. The van der Waals surface area contributed by atoms with Gasteiger partial charge in [0, 0.05) is 5.92 Å². The molecule has 0 spiro atoms. The Hall–Kier alpha value is -1.67. The minimum absolute atomic E-state index is 0.147. The van der Waals surface area contributed by atoms with Gasteiger partial charge in [-0.25, -0.2) is 0 Å². The van der Waals surface area contributed by atoms with E-state index in [0.29, 0.717) is 24.5 Å². The minimum atomic E-state index is 0.147. The third-order valence-corrected chi connectivity index (χ3v) is 10.5. The molecule has 4 aliphatic rings. The first kappa shape index (κ1) is 23.1. The number of hydrogen-bond donors (Lipinski definition) is 0. The number of allylic oxidation sites excluding steroid dienone is 4. The number of carbonyl (C=O) groups is 1. The fraction of sp³-hybridized carbons (Fsp3) is 0.645. The van der Waals surface area contributed by atoms with Crippen LogP contribution in [-0.2, 0) is 16.1 Å². The van der Waals surface area contributed by atoms with Gasteiger partial charge in [0.2, 0.25) is 0 Å². The van der Waals surface area contributed by atoms with E-state index in [4.69, 9.17) is 4.74 Å². The van der Waals surface area contributed by atoms with Gasteiger partial charge in [0.05, 0.1) is 12.7 Å². The highest BCUT2D eigenvalue weighted by Gasteiger charge is 2.57. The zero-order chi connectivity index (χ0) is 23.4. The van der Waals surface area contributed by atoms with Crippen molar-refractivity contribution >= 4 is 6.29 Å². The summed E-state index contributed by atoms with van der Waals surface area (Å²) in [4.78, 5) is 11.6. The molecule has 5 rings (SSSR count). The maximum Gasteiger partial charge on any atom is 0.123 e. The zero-order valence-electron chi connectivity index (χ0n) is 21.3. The van der Waals surface area contributed by atoms with Crippen LogP contribution >= 0.6 is 0 Å². The number of benzene rings is 1. The van der Waals surface area contributed by atoms with Crippen LogP contribution in [0.4, 0.5) is 0 Å². The molecular weight excluding hydrogens is 404 g/mol. The van der Waals surface area contributed by atoms with Crippen LogP contribution in [0.15, 0.2) is 53.1 Å². The van der Waals surface area contributed by atoms with Gasteiger partial charge in [-0.1, -0.05) is 76.6 Å². The van der Waals surface area contributed by atoms with Crippen molar-refractivity contribution in [1.29, 1.82) is 0 Å². The van der Waals surface area contributed by atoms with Gasteiger partial charge in [-0.2, -0.15) is 0 Å². The Morgan fingerprint density at radius 1 is 1.03 bits per heavy atom. The topological polar surface area (TPSA) is 26.3 Å². The zero-order valence-corrected chi connectivity index (χ0v) is 21.3. The van der Waals surface area contributed by atoms with Gasteiger partial charge in [-0.3, -0.25) is 0 Å².